The van der Waals surface area contributed by atoms with Crippen LogP contribution in [0.5, 0.6) is 0 Å². The average Bonchev–Trinajstić information content (AvgIpc) is 2.97. The molecule has 0 spiro atoms. The minimum atomic E-state index is -0.320. The van der Waals surface area contributed by atoms with Gasteiger partial charge in [0, 0.05) is 10.7 Å². The Labute approximate surface area is 161 Å². The standard InChI is InChI=1S/C16H11ClFN3OS3/c17-10-1-5-12(6-2-10)19-14(22)9-24-15-20-21(16(23)25-15)13-7-3-11(18)4-8-13/h1-8H,9H2,(H,19,22). The summed E-state index contributed by atoms with van der Waals surface area (Å²) in [5, 5.41) is 7.77. The summed E-state index contributed by atoms with van der Waals surface area (Å²) in [6, 6.07) is 12.8. The highest BCUT2D eigenvalue weighted by Gasteiger charge is 2.10. The van der Waals surface area contributed by atoms with Crippen molar-refractivity contribution < 1.29 is 9.18 Å². The second-order valence-corrected chi connectivity index (χ2v) is 8.15. The summed E-state index contributed by atoms with van der Waals surface area (Å²) >= 11 is 13.7. The molecule has 0 saturated carbocycles. The summed E-state index contributed by atoms with van der Waals surface area (Å²) in [5.41, 5.74) is 1.36. The second-order valence-electron chi connectivity index (χ2n) is 4.87. The highest BCUT2D eigenvalue weighted by Crippen LogP contribution is 2.24. The van der Waals surface area contributed by atoms with Gasteiger partial charge < -0.3 is 5.32 Å². The van der Waals surface area contributed by atoms with E-state index in [-0.39, 0.29) is 17.5 Å². The Bertz CT molecular complexity index is 939. The van der Waals surface area contributed by atoms with Crippen molar-refractivity contribution in [1.29, 1.82) is 0 Å². The number of nitrogens with one attached hydrogen (secondary N) is 1. The lowest BCUT2D eigenvalue weighted by molar-refractivity contribution is -0.113. The first-order valence-corrected chi connectivity index (χ1v) is 9.64. The van der Waals surface area contributed by atoms with E-state index in [2.05, 4.69) is 10.4 Å². The summed E-state index contributed by atoms with van der Waals surface area (Å²) in [6.07, 6.45) is 0. The lowest BCUT2D eigenvalue weighted by Crippen LogP contribution is -2.13. The molecule has 1 N–H and O–H groups in total. The van der Waals surface area contributed by atoms with Crippen LogP contribution in [0.15, 0.2) is 52.9 Å². The van der Waals surface area contributed by atoms with Gasteiger partial charge in [-0.05, 0) is 60.7 Å². The van der Waals surface area contributed by atoms with E-state index in [4.69, 9.17) is 23.8 Å². The molecule has 9 heteroatoms. The maximum atomic E-state index is 13.0. The molecule has 0 aliphatic carbocycles. The highest BCUT2D eigenvalue weighted by molar-refractivity contribution is 8.01. The summed E-state index contributed by atoms with van der Waals surface area (Å²) in [6.45, 7) is 0. The first kappa shape index (κ1) is 18.1. The van der Waals surface area contributed by atoms with E-state index in [1.54, 1.807) is 41.1 Å². The molecule has 0 radical (unpaired) electrons. The van der Waals surface area contributed by atoms with Crippen LogP contribution in [0.25, 0.3) is 5.69 Å². The van der Waals surface area contributed by atoms with Crippen molar-refractivity contribution in [1.82, 2.24) is 9.78 Å². The average molecular weight is 412 g/mol. The Morgan fingerprint density at radius 2 is 1.92 bits per heavy atom. The number of aromatic nitrogens is 2. The maximum absolute atomic E-state index is 13.0. The topological polar surface area (TPSA) is 46.9 Å². The summed E-state index contributed by atoms with van der Waals surface area (Å²) < 4.78 is 15.8. The van der Waals surface area contributed by atoms with Gasteiger partial charge in [-0.3, -0.25) is 4.79 Å². The molecule has 1 amide bonds. The summed E-state index contributed by atoms with van der Waals surface area (Å²) in [7, 11) is 0. The molecule has 0 aliphatic heterocycles. The zero-order chi connectivity index (χ0) is 17.8. The van der Waals surface area contributed by atoms with Crippen molar-refractivity contribution in [3.63, 3.8) is 0 Å². The molecule has 0 atom stereocenters. The number of carbonyl (C=O) groups is 1. The third kappa shape index (κ3) is 4.88. The Balaban J connectivity index is 1.63. The molecule has 0 aliphatic rings. The molecule has 0 fully saturated rings. The normalized spacial score (nSPS) is 10.6. The fraction of sp³-hybridized carbons (Fsp3) is 0.0625. The lowest BCUT2D eigenvalue weighted by atomic mass is 10.3. The number of hydrogen-bond donors (Lipinski definition) is 1. The summed E-state index contributed by atoms with van der Waals surface area (Å²) in [4.78, 5) is 12.0. The number of halogens is 2. The van der Waals surface area contributed by atoms with Gasteiger partial charge in [0.1, 0.15) is 5.82 Å². The van der Waals surface area contributed by atoms with Gasteiger partial charge in [-0.1, -0.05) is 34.7 Å². The molecule has 0 saturated heterocycles. The highest BCUT2D eigenvalue weighted by atomic mass is 35.5. The Hall–Kier alpha value is -1.74. The minimum Gasteiger partial charge on any atom is -0.325 e. The van der Waals surface area contributed by atoms with Crippen LogP contribution >= 0.6 is 46.9 Å². The van der Waals surface area contributed by atoms with Crippen LogP contribution in [0.3, 0.4) is 0 Å². The van der Waals surface area contributed by atoms with Crippen molar-refractivity contribution in [3.05, 3.63) is 63.3 Å². The Kier molecular flexibility index (Phi) is 5.85. The third-order valence-corrected chi connectivity index (χ3v) is 5.67. The fourth-order valence-electron chi connectivity index (χ4n) is 1.92. The Morgan fingerprint density at radius 3 is 2.60 bits per heavy atom. The number of benzene rings is 2. The van der Waals surface area contributed by atoms with Gasteiger partial charge in [-0.15, -0.1) is 5.10 Å². The zero-order valence-electron chi connectivity index (χ0n) is 12.6. The number of rotatable bonds is 5. The van der Waals surface area contributed by atoms with Gasteiger partial charge in [-0.2, -0.15) is 0 Å². The first-order valence-electron chi connectivity index (χ1n) is 7.05. The molecule has 2 aromatic carbocycles. The van der Waals surface area contributed by atoms with Gasteiger partial charge in [0.2, 0.25) is 5.91 Å². The molecule has 0 bridgehead atoms. The predicted octanol–water partition coefficient (Wildman–Crippen LogP) is 5.19. The molecule has 0 unspecified atom stereocenters. The van der Waals surface area contributed by atoms with E-state index in [0.29, 0.717) is 24.7 Å². The van der Waals surface area contributed by atoms with E-state index in [9.17, 15) is 9.18 Å². The summed E-state index contributed by atoms with van der Waals surface area (Å²) in [5.74, 6) is -0.269. The Morgan fingerprint density at radius 1 is 1.24 bits per heavy atom. The largest absolute Gasteiger partial charge is 0.325 e. The number of nitrogens with zero attached hydrogens (tertiary/aromatic N) is 2. The first-order chi connectivity index (χ1) is 12.0. The van der Waals surface area contributed by atoms with Crippen LogP contribution in [0, 0.1) is 9.77 Å². The van der Waals surface area contributed by atoms with Crippen LogP contribution in [0.2, 0.25) is 5.02 Å². The van der Waals surface area contributed by atoms with E-state index in [0.717, 1.165) is 0 Å². The van der Waals surface area contributed by atoms with Crippen LogP contribution < -0.4 is 5.32 Å². The number of thioether (sulfide) groups is 1. The van der Waals surface area contributed by atoms with Crippen molar-refractivity contribution in [3.8, 4) is 5.69 Å². The van der Waals surface area contributed by atoms with Crippen molar-refractivity contribution in [2.24, 2.45) is 0 Å². The minimum absolute atomic E-state index is 0.151. The van der Waals surface area contributed by atoms with Crippen molar-refractivity contribution in [2.75, 3.05) is 11.1 Å². The van der Waals surface area contributed by atoms with Crippen molar-refractivity contribution in [2.45, 2.75) is 4.34 Å². The van der Waals surface area contributed by atoms with Gasteiger partial charge >= 0.3 is 0 Å². The zero-order valence-corrected chi connectivity index (χ0v) is 15.8. The molecule has 1 heterocycles. The molecule has 3 aromatic rings. The predicted molar refractivity (Wildman–Crippen MR) is 103 cm³/mol. The number of hydrogen-bond acceptors (Lipinski definition) is 5. The molecular weight excluding hydrogens is 401 g/mol. The molecule has 128 valence electrons. The van der Waals surface area contributed by atoms with Crippen LogP contribution in [-0.4, -0.2) is 21.4 Å². The molecule has 4 nitrogen and oxygen atoms in total. The van der Waals surface area contributed by atoms with Gasteiger partial charge in [0.15, 0.2) is 8.29 Å². The van der Waals surface area contributed by atoms with E-state index in [1.165, 1.54) is 35.2 Å². The third-order valence-electron chi connectivity index (χ3n) is 3.06. The monoisotopic (exact) mass is 411 g/mol. The SMILES string of the molecule is O=C(CSc1nn(-c2ccc(F)cc2)c(=S)s1)Nc1ccc(Cl)cc1. The molecule has 25 heavy (non-hydrogen) atoms. The fourth-order valence-corrected chi connectivity index (χ4v) is 4.21. The maximum Gasteiger partial charge on any atom is 0.234 e. The number of amides is 1. The van der Waals surface area contributed by atoms with Crippen LogP contribution in [-0.2, 0) is 4.79 Å². The van der Waals surface area contributed by atoms with Gasteiger partial charge in [0.05, 0.1) is 11.4 Å². The lowest BCUT2D eigenvalue weighted by Gasteiger charge is -2.04. The van der Waals surface area contributed by atoms with Crippen molar-refractivity contribution >= 4 is 58.5 Å². The van der Waals surface area contributed by atoms with Crippen LogP contribution in [0.1, 0.15) is 0 Å². The number of carbonyl (C=O) groups excluding carboxylic acids is 1. The molecule has 3 rings (SSSR count). The smallest absolute Gasteiger partial charge is 0.234 e. The van der Waals surface area contributed by atoms with Crippen LogP contribution in [0.4, 0.5) is 10.1 Å². The van der Waals surface area contributed by atoms with E-state index >= 15 is 0 Å². The van der Waals surface area contributed by atoms with Gasteiger partial charge in [-0.25, -0.2) is 9.07 Å². The second kappa shape index (κ2) is 8.09. The molecule has 1 aromatic heterocycles. The molecular formula is C16H11ClFN3OS3. The van der Waals surface area contributed by atoms with E-state index in [1.807, 2.05) is 0 Å². The van der Waals surface area contributed by atoms with Gasteiger partial charge in [0.25, 0.3) is 0 Å². The number of anilines is 1. The quantitative estimate of drug-likeness (QED) is 0.463. The van der Waals surface area contributed by atoms with E-state index < -0.39 is 0 Å².